The van der Waals surface area contributed by atoms with Crippen LogP contribution in [0.3, 0.4) is 0 Å². The lowest BCUT2D eigenvalue weighted by Crippen LogP contribution is -2.66. The Kier molecular flexibility index (Phi) is 6.25. The zero-order chi connectivity index (χ0) is 28.8. The van der Waals surface area contributed by atoms with E-state index < -0.39 is 16.2 Å². The van der Waals surface area contributed by atoms with Gasteiger partial charge < -0.3 is 10.4 Å². The first kappa shape index (κ1) is 28.3. The van der Waals surface area contributed by atoms with Crippen LogP contribution in [0.1, 0.15) is 93.4 Å². The van der Waals surface area contributed by atoms with Gasteiger partial charge in [-0.3, -0.25) is 14.4 Å². The van der Waals surface area contributed by atoms with E-state index in [1.165, 1.54) is 0 Å². The molecule has 0 radical (unpaired) electrons. The predicted octanol–water partition coefficient (Wildman–Crippen LogP) is 5.31. The molecule has 2 N–H and O–H groups in total. The van der Waals surface area contributed by atoms with Gasteiger partial charge in [-0.05, 0) is 93.0 Å². The summed E-state index contributed by atoms with van der Waals surface area (Å²) in [5.74, 6) is -0.562. The summed E-state index contributed by atoms with van der Waals surface area (Å²) in [6, 6.07) is 2.11. The smallest absolute Gasteiger partial charge is 0.226 e. The van der Waals surface area contributed by atoms with Gasteiger partial charge in [0, 0.05) is 17.9 Å². The molecule has 0 spiro atoms. The fourth-order valence-electron chi connectivity index (χ4n) is 10.4. The first-order valence-electron chi connectivity index (χ1n) is 14.9. The average molecular weight is 535 g/mol. The third kappa shape index (κ3) is 3.44. The number of hydrogen-bond acceptors (Lipinski definition) is 5. The number of fused-ring (bicyclic) bond motifs is 7. The highest BCUT2D eigenvalue weighted by Gasteiger charge is 2.71. The van der Waals surface area contributed by atoms with Crippen molar-refractivity contribution in [2.24, 2.45) is 50.2 Å². The number of allylic oxidation sites excluding steroid dienone is 4. The Morgan fingerprint density at radius 1 is 1.08 bits per heavy atom. The third-order valence-electron chi connectivity index (χ3n) is 12.8. The molecule has 6 nitrogen and oxygen atoms in total. The molecule has 2 unspecified atom stereocenters. The third-order valence-corrected chi connectivity index (χ3v) is 12.8. The summed E-state index contributed by atoms with van der Waals surface area (Å²) in [5, 5.41) is 23.5. The summed E-state index contributed by atoms with van der Waals surface area (Å²) in [5.41, 5.74) is -1.80. The van der Waals surface area contributed by atoms with E-state index in [4.69, 9.17) is 0 Å². The van der Waals surface area contributed by atoms with E-state index in [9.17, 15) is 24.8 Å². The second-order valence-electron chi connectivity index (χ2n) is 15.1. The number of carbonyl (C=O) groups is 3. The first-order valence-corrected chi connectivity index (χ1v) is 14.9. The first-order chi connectivity index (χ1) is 18.1. The van der Waals surface area contributed by atoms with Crippen LogP contribution in [0.4, 0.5) is 0 Å². The van der Waals surface area contributed by atoms with E-state index in [1.807, 2.05) is 19.1 Å². The van der Waals surface area contributed by atoms with Gasteiger partial charge in [0.2, 0.25) is 5.91 Å². The zero-order valence-electron chi connectivity index (χ0n) is 24.9. The largest absolute Gasteiger partial charge is 0.395 e. The molecule has 3 fully saturated rings. The molecular formula is C33H46N2O4. The number of amides is 1. The number of Topliss-reactive ketones (excluding diaryl/α,β-unsaturated/α-hetero) is 1. The number of nitrogens with one attached hydrogen (secondary N) is 1. The topological polar surface area (TPSA) is 107 Å². The van der Waals surface area contributed by atoms with E-state index in [-0.39, 0.29) is 63.7 Å². The predicted molar refractivity (Wildman–Crippen MR) is 149 cm³/mol. The quantitative estimate of drug-likeness (QED) is 0.510. The van der Waals surface area contributed by atoms with Gasteiger partial charge in [0.25, 0.3) is 0 Å². The average Bonchev–Trinajstić information content (AvgIpc) is 2.87. The van der Waals surface area contributed by atoms with Crippen molar-refractivity contribution >= 4 is 17.5 Å². The number of ketones is 2. The normalized spacial score (nSPS) is 46.4. The summed E-state index contributed by atoms with van der Waals surface area (Å²) in [6.07, 6.45) is 9.41. The molecule has 5 rings (SSSR count). The second kappa shape index (κ2) is 8.62. The highest BCUT2D eigenvalue weighted by Crippen LogP contribution is 2.74. The van der Waals surface area contributed by atoms with Crippen LogP contribution in [0.25, 0.3) is 0 Å². The summed E-state index contributed by atoms with van der Waals surface area (Å²) in [6.45, 7) is 15.2. The van der Waals surface area contributed by atoms with Gasteiger partial charge in [0.15, 0.2) is 11.6 Å². The Morgan fingerprint density at radius 3 is 2.36 bits per heavy atom. The highest BCUT2D eigenvalue weighted by atomic mass is 16.3. The number of nitriles is 1. The van der Waals surface area contributed by atoms with E-state index in [1.54, 1.807) is 6.92 Å². The molecule has 0 bridgehead atoms. The molecule has 0 heterocycles. The summed E-state index contributed by atoms with van der Waals surface area (Å²) in [7, 11) is 0. The summed E-state index contributed by atoms with van der Waals surface area (Å²) in [4.78, 5) is 41.5. The Morgan fingerprint density at radius 2 is 1.74 bits per heavy atom. The molecule has 1 amide bonds. The fraction of sp³-hybridized carbons (Fsp3) is 0.758. The standard InChI is InChI=1S/C33H46N2O4/c1-8-35-27(39)33-13-11-28(2,3)17-21(33)25-22(37)15-24-29(4)16-20(18-34)26(38)30(5,19-36)23(29)9-10-31(24,6)32(25,7)12-14-33/h15-16,21,23,25,36H,8-14,17,19H2,1-7H3,(H,35,39)/t21?,23-,25?,29+,30+,31-,32-,33+/m1/s1. The Bertz CT molecular complexity index is 1240. The molecule has 3 saturated carbocycles. The highest BCUT2D eigenvalue weighted by molar-refractivity contribution is 6.05. The van der Waals surface area contributed by atoms with Crippen LogP contribution in [-0.2, 0) is 14.4 Å². The Balaban J connectivity index is 1.69. The molecule has 212 valence electrons. The molecule has 0 aliphatic heterocycles. The lowest BCUT2D eigenvalue weighted by atomic mass is 9.34. The van der Waals surface area contributed by atoms with Gasteiger partial charge in [0.1, 0.15) is 6.07 Å². The lowest BCUT2D eigenvalue weighted by molar-refractivity contribution is -0.179. The van der Waals surface area contributed by atoms with Crippen molar-refractivity contribution in [1.29, 1.82) is 5.26 Å². The van der Waals surface area contributed by atoms with Crippen molar-refractivity contribution in [3.63, 3.8) is 0 Å². The minimum Gasteiger partial charge on any atom is -0.395 e. The second-order valence-corrected chi connectivity index (χ2v) is 15.1. The minimum absolute atomic E-state index is 0.0277. The van der Waals surface area contributed by atoms with E-state index in [2.05, 4.69) is 46.0 Å². The molecular weight excluding hydrogens is 488 g/mol. The maximum atomic E-state index is 14.5. The molecule has 6 heteroatoms. The number of rotatable bonds is 3. The molecule has 0 aromatic rings. The van der Waals surface area contributed by atoms with Crippen LogP contribution in [-0.4, -0.2) is 35.7 Å². The van der Waals surface area contributed by atoms with Gasteiger partial charge in [-0.15, -0.1) is 0 Å². The number of hydrogen-bond donors (Lipinski definition) is 2. The van der Waals surface area contributed by atoms with Crippen LogP contribution in [0.5, 0.6) is 0 Å². The lowest BCUT2D eigenvalue weighted by Gasteiger charge is -2.69. The SMILES string of the molecule is CCNC(=O)[C@]12CCC(C)(C)CC1C1C(=O)C=C3[C@@]4(C)C=C(C#N)C(=O)[C@@](C)(CO)[C@@H]4CC[C@@]3(C)[C@]1(C)CC2. The van der Waals surface area contributed by atoms with Crippen molar-refractivity contribution in [3.05, 3.63) is 23.3 Å². The fourth-order valence-corrected chi connectivity index (χ4v) is 10.4. The Hall–Kier alpha value is -2.26. The van der Waals surface area contributed by atoms with Crippen molar-refractivity contribution in [2.75, 3.05) is 13.2 Å². The van der Waals surface area contributed by atoms with Crippen molar-refractivity contribution in [2.45, 2.75) is 93.4 Å². The number of aliphatic hydroxyl groups is 1. The van der Waals surface area contributed by atoms with Gasteiger partial charge in [0.05, 0.1) is 23.0 Å². The van der Waals surface area contributed by atoms with E-state index in [0.29, 0.717) is 6.54 Å². The van der Waals surface area contributed by atoms with Gasteiger partial charge >= 0.3 is 0 Å². The molecule has 0 aromatic heterocycles. The van der Waals surface area contributed by atoms with Crippen LogP contribution in [0.15, 0.2) is 23.3 Å². The number of nitrogens with zero attached hydrogens (tertiary/aromatic N) is 1. The Labute approximate surface area is 233 Å². The molecule has 39 heavy (non-hydrogen) atoms. The zero-order valence-corrected chi connectivity index (χ0v) is 24.9. The van der Waals surface area contributed by atoms with E-state index in [0.717, 1.165) is 50.5 Å². The van der Waals surface area contributed by atoms with Crippen LogP contribution in [0.2, 0.25) is 0 Å². The molecule has 0 saturated heterocycles. The van der Waals surface area contributed by atoms with Crippen molar-refractivity contribution < 1.29 is 19.5 Å². The van der Waals surface area contributed by atoms with Crippen molar-refractivity contribution in [3.8, 4) is 6.07 Å². The van der Waals surface area contributed by atoms with Gasteiger partial charge in [-0.25, -0.2) is 0 Å². The number of aliphatic hydroxyl groups excluding tert-OH is 1. The van der Waals surface area contributed by atoms with Crippen LogP contribution < -0.4 is 5.32 Å². The molecule has 5 aliphatic rings. The summed E-state index contributed by atoms with van der Waals surface area (Å²) < 4.78 is 0. The van der Waals surface area contributed by atoms with Gasteiger partial charge in [-0.1, -0.05) is 46.3 Å². The molecule has 8 atom stereocenters. The van der Waals surface area contributed by atoms with Crippen LogP contribution >= 0.6 is 0 Å². The van der Waals surface area contributed by atoms with Gasteiger partial charge in [-0.2, -0.15) is 5.26 Å². The summed E-state index contributed by atoms with van der Waals surface area (Å²) >= 11 is 0. The maximum absolute atomic E-state index is 14.5. The molecule has 5 aliphatic carbocycles. The van der Waals surface area contributed by atoms with E-state index >= 15 is 0 Å². The monoisotopic (exact) mass is 534 g/mol. The minimum atomic E-state index is -1.06. The number of carbonyl (C=O) groups excluding carboxylic acids is 3. The van der Waals surface area contributed by atoms with Crippen molar-refractivity contribution in [1.82, 2.24) is 5.32 Å². The maximum Gasteiger partial charge on any atom is 0.226 e. The molecule has 0 aromatic carbocycles. The van der Waals surface area contributed by atoms with Crippen LogP contribution in [0, 0.1) is 61.6 Å².